The third kappa shape index (κ3) is 3.14. The second kappa shape index (κ2) is 5.72. The molecule has 7 nitrogen and oxygen atoms in total. The van der Waals surface area contributed by atoms with Gasteiger partial charge in [-0.15, -0.1) is 0 Å². The molecule has 0 fully saturated rings. The van der Waals surface area contributed by atoms with E-state index in [9.17, 15) is 13.2 Å². The number of hydrogen-bond acceptors (Lipinski definition) is 4. The van der Waals surface area contributed by atoms with Crippen LogP contribution in [0.3, 0.4) is 0 Å². The van der Waals surface area contributed by atoms with Crippen LogP contribution in [-0.2, 0) is 10.0 Å². The number of rotatable bonds is 6. The van der Waals surface area contributed by atoms with Crippen molar-refractivity contribution in [2.45, 2.75) is 24.8 Å². The smallest absolute Gasteiger partial charge is 0.352 e. The van der Waals surface area contributed by atoms with Gasteiger partial charge >= 0.3 is 5.97 Å². The monoisotopic (exact) mass is 290 g/mol. The lowest BCUT2D eigenvalue weighted by atomic mass is 10.3. The SMILES string of the molecule is CC(C)n1cc(S(=O)(=O)N(C)CCO)cc1C(=O)O. The van der Waals surface area contributed by atoms with Gasteiger partial charge < -0.3 is 14.8 Å². The Kier molecular flexibility index (Phi) is 4.72. The number of aliphatic hydroxyl groups is 1. The molecule has 2 N–H and O–H groups in total. The summed E-state index contributed by atoms with van der Waals surface area (Å²) in [7, 11) is -2.45. The highest BCUT2D eigenvalue weighted by Gasteiger charge is 2.25. The Hall–Kier alpha value is -1.38. The summed E-state index contributed by atoms with van der Waals surface area (Å²) in [5.74, 6) is -1.18. The molecule has 0 saturated heterocycles. The molecule has 1 aromatic heterocycles. The molecule has 1 rings (SSSR count). The highest BCUT2D eigenvalue weighted by molar-refractivity contribution is 7.89. The van der Waals surface area contributed by atoms with Gasteiger partial charge in [-0.2, -0.15) is 4.31 Å². The highest BCUT2D eigenvalue weighted by atomic mass is 32.2. The lowest BCUT2D eigenvalue weighted by Crippen LogP contribution is -2.29. The summed E-state index contributed by atoms with van der Waals surface area (Å²) in [6.07, 6.45) is 1.30. The van der Waals surface area contributed by atoms with Crippen LogP contribution in [0.1, 0.15) is 30.4 Å². The molecule has 19 heavy (non-hydrogen) atoms. The standard InChI is InChI=1S/C11H18N2O5S/c1-8(2)13-7-9(6-10(13)11(15)16)19(17,18)12(3)4-5-14/h6-8,14H,4-5H2,1-3H3,(H,15,16). The fourth-order valence-corrected chi connectivity index (χ4v) is 2.82. The molecule has 0 spiro atoms. The van der Waals surface area contributed by atoms with Gasteiger partial charge in [0.1, 0.15) is 10.6 Å². The molecular formula is C11H18N2O5S. The van der Waals surface area contributed by atoms with Crippen molar-refractivity contribution in [3.8, 4) is 0 Å². The number of hydrogen-bond donors (Lipinski definition) is 2. The molecule has 0 saturated carbocycles. The Balaban J connectivity index is 3.29. The van der Waals surface area contributed by atoms with Crippen molar-refractivity contribution >= 4 is 16.0 Å². The fraction of sp³-hybridized carbons (Fsp3) is 0.545. The molecule has 0 aromatic carbocycles. The third-order valence-corrected chi connectivity index (χ3v) is 4.54. The molecule has 108 valence electrons. The molecule has 0 bridgehead atoms. The number of nitrogens with zero attached hydrogens (tertiary/aromatic N) is 2. The van der Waals surface area contributed by atoms with Crippen molar-refractivity contribution in [2.75, 3.05) is 20.2 Å². The zero-order valence-electron chi connectivity index (χ0n) is 11.1. The minimum atomic E-state index is -3.78. The molecule has 0 atom stereocenters. The average molecular weight is 290 g/mol. The van der Waals surface area contributed by atoms with Crippen molar-refractivity contribution in [1.29, 1.82) is 0 Å². The van der Waals surface area contributed by atoms with Crippen LogP contribution in [0.15, 0.2) is 17.2 Å². The van der Waals surface area contributed by atoms with Crippen molar-refractivity contribution < 1.29 is 23.4 Å². The molecule has 0 unspecified atom stereocenters. The van der Waals surface area contributed by atoms with Gasteiger partial charge in [0.15, 0.2) is 0 Å². The number of sulfonamides is 1. The first-order chi connectivity index (χ1) is 8.71. The van der Waals surface area contributed by atoms with E-state index in [1.54, 1.807) is 13.8 Å². The third-order valence-electron chi connectivity index (χ3n) is 2.72. The Bertz CT molecular complexity index is 562. The Morgan fingerprint density at radius 1 is 1.47 bits per heavy atom. The second-order valence-electron chi connectivity index (χ2n) is 4.42. The van der Waals surface area contributed by atoms with E-state index < -0.39 is 16.0 Å². The van der Waals surface area contributed by atoms with Gasteiger partial charge in [0.05, 0.1) is 6.61 Å². The number of carbonyl (C=O) groups is 1. The van der Waals surface area contributed by atoms with Gasteiger partial charge in [-0.3, -0.25) is 0 Å². The van der Waals surface area contributed by atoms with Gasteiger partial charge in [0.25, 0.3) is 0 Å². The van der Waals surface area contributed by atoms with Crippen molar-refractivity contribution in [1.82, 2.24) is 8.87 Å². The topological polar surface area (TPSA) is 99.8 Å². The van der Waals surface area contributed by atoms with Crippen LogP contribution in [0.25, 0.3) is 0 Å². The molecule has 1 heterocycles. The summed E-state index contributed by atoms with van der Waals surface area (Å²) >= 11 is 0. The lowest BCUT2D eigenvalue weighted by Gasteiger charge is -2.14. The van der Waals surface area contributed by atoms with Crippen LogP contribution in [0.4, 0.5) is 0 Å². The van der Waals surface area contributed by atoms with Gasteiger partial charge in [-0.25, -0.2) is 13.2 Å². The molecule has 0 aliphatic rings. The maximum absolute atomic E-state index is 12.1. The zero-order valence-corrected chi connectivity index (χ0v) is 11.9. The Morgan fingerprint density at radius 2 is 2.05 bits per heavy atom. The van der Waals surface area contributed by atoms with Gasteiger partial charge in [0.2, 0.25) is 10.0 Å². The predicted molar refractivity (Wildman–Crippen MR) is 68.7 cm³/mol. The Morgan fingerprint density at radius 3 is 2.42 bits per heavy atom. The lowest BCUT2D eigenvalue weighted by molar-refractivity contribution is 0.0683. The summed E-state index contributed by atoms with van der Waals surface area (Å²) in [4.78, 5) is 11.0. The van der Waals surface area contributed by atoms with Crippen LogP contribution in [0.2, 0.25) is 0 Å². The van der Waals surface area contributed by atoms with Crippen molar-refractivity contribution in [3.63, 3.8) is 0 Å². The summed E-state index contributed by atoms with van der Waals surface area (Å²) in [6, 6.07) is 0.962. The summed E-state index contributed by atoms with van der Waals surface area (Å²) < 4.78 is 26.7. The minimum Gasteiger partial charge on any atom is -0.477 e. The zero-order chi connectivity index (χ0) is 14.8. The Labute approximate surface area is 112 Å². The van der Waals surface area contributed by atoms with E-state index >= 15 is 0 Å². The van der Waals surface area contributed by atoms with E-state index in [1.807, 2.05) is 0 Å². The molecule has 0 aliphatic carbocycles. The van der Waals surface area contributed by atoms with E-state index in [1.165, 1.54) is 17.8 Å². The van der Waals surface area contributed by atoms with Crippen molar-refractivity contribution in [2.24, 2.45) is 0 Å². The first kappa shape index (κ1) is 15.7. The molecule has 0 radical (unpaired) electrons. The van der Waals surface area contributed by atoms with Gasteiger partial charge in [-0.1, -0.05) is 0 Å². The van der Waals surface area contributed by atoms with E-state index in [0.29, 0.717) is 0 Å². The van der Waals surface area contributed by atoms with Crippen LogP contribution in [0, 0.1) is 0 Å². The number of aromatic carboxylic acids is 1. The number of likely N-dealkylation sites (N-methyl/N-ethyl adjacent to an activating group) is 1. The van der Waals surface area contributed by atoms with Gasteiger partial charge in [0, 0.05) is 25.8 Å². The van der Waals surface area contributed by atoms with Crippen molar-refractivity contribution in [3.05, 3.63) is 18.0 Å². The number of aromatic nitrogens is 1. The maximum Gasteiger partial charge on any atom is 0.352 e. The van der Waals surface area contributed by atoms with E-state index in [-0.39, 0.29) is 29.8 Å². The number of carboxylic acid groups (broad SMARTS) is 1. The maximum atomic E-state index is 12.1. The second-order valence-corrected chi connectivity index (χ2v) is 6.46. The van der Waals surface area contributed by atoms with E-state index in [2.05, 4.69) is 0 Å². The van der Waals surface area contributed by atoms with Crippen LogP contribution in [-0.4, -0.2) is 53.7 Å². The van der Waals surface area contributed by atoms with Gasteiger partial charge in [-0.05, 0) is 19.9 Å². The predicted octanol–water partition coefficient (Wildman–Crippen LogP) is 0.380. The quantitative estimate of drug-likeness (QED) is 0.789. The largest absolute Gasteiger partial charge is 0.477 e. The first-order valence-corrected chi connectivity index (χ1v) is 7.18. The minimum absolute atomic E-state index is 0.0441. The van der Waals surface area contributed by atoms with Crippen LogP contribution < -0.4 is 0 Å². The average Bonchev–Trinajstić information content (AvgIpc) is 2.74. The molecule has 0 amide bonds. The van der Waals surface area contributed by atoms with Crippen LogP contribution in [0.5, 0.6) is 0 Å². The van der Waals surface area contributed by atoms with E-state index in [4.69, 9.17) is 10.2 Å². The molecule has 0 aliphatic heterocycles. The molecule has 8 heteroatoms. The fourth-order valence-electron chi connectivity index (χ4n) is 1.63. The summed E-state index contributed by atoms with van der Waals surface area (Å²) in [6.45, 7) is 3.19. The number of carboxylic acids is 1. The molecular weight excluding hydrogens is 272 g/mol. The summed E-state index contributed by atoms with van der Waals surface area (Å²) in [5.41, 5.74) is -0.0778. The normalized spacial score (nSPS) is 12.3. The van der Waals surface area contributed by atoms with E-state index in [0.717, 1.165) is 10.4 Å². The number of aliphatic hydroxyl groups excluding tert-OH is 1. The van der Waals surface area contributed by atoms with Crippen LogP contribution >= 0.6 is 0 Å². The first-order valence-electron chi connectivity index (χ1n) is 5.74. The summed E-state index contributed by atoms with van der Waals surface area (Å²) in [5, 5.41) is 17.8. The molecule has 1 aromatic rings. The highest BCUT2D eigenvalue weighted by Crippen LogP contribution is 2.21.